The second-order valence-electron chi connectivity index (χ2n) is 7.30. The molecule has 3 amide bonds. The van der Waals surface area contributed by atoms with Gasteiger partial charge < -0.3 is 31.9 Å². The molecule has 10 nitrogen and oxygen atoms in total. The molecule has 0 aromatic carbocycles. The van der Waals surface area contributed by atoms with Crippen molar-refractivity contribution in [1.82, 2.24) is 16.0 Å². The van der Waals surface area contributed by atoms with Gasteiger partial charge in [-0.25, -0.2) is 0 Å². The van der Waals surface area contributed by atoms with Crippen LogP contribution in [0.1, 0.15) is 41.0 Å². The van der Waals surface area contributed by atoms with E-state index < -0.39 is 54.5 Å². The van der Waals surface area contributed by atoms with Crippen molar-refractivity contribution in [3.8, 4) is 0 Å². The first-order valence-corrected chi connectivity index (χ1v) is 8.90. The Morgan fingerprint density at radius 1 is 0.926 bits per heavy atom. The number of aliphatic hydroxyl groups is 1. The molecule has 0 rings (SSSR count). The van der Waals surface area contributed by atoms with Crippen LogP contribution in [0.2, 0.25) is 0 Å². The number of aliphatic carboxylic acids is 1. The van der Waals surface area contributed by atoms with E-state index in [-0.39, 0.29) is 11.8 Å². The normalized spacial score (nSPS) is 15.6. The number of amides is 3. The summed E-state index contributed by atoms with van der Waals surface area (Å²) in [5, 5.41) is 25.4. The van der Waals surface area contributed by atoms with Crippen LogP contribution in [0.25, 0.3) is 0 Å². The molecule has 0 aliphatic carbocycles. The number of nitrogens with two attached hydrogens (primary N) is 1. The zero-order valence-corrected chi connectivity index (χ0v) is 16.5. The van der Waals surface area contributed by atoms with Gasteiger partial charge in [0.25, 0.3) is 0 Å². The van der Waals surface area contributed by atoms with Crippen molar-refractivity contribution in [2.45, 2.75) is 65.3 Å². The molecule has 0 radical (unpaired) electrons. The van der Waals surface area contributed by atoms with Crippen LogP contribution in [0.3, 0.4) is 0 Å². The van der Waals surface area contributed by atoms with Gasteiger partial charge in [0, 0.05) is 0 Å². The molecule has 0 heterocycles. The average molecular weight is 388 g/mol. The first-order chi connectivity index (χ1) is 12.4. The number of carbonyl (C=O) groups is 4. The Labute approximate surface area is 159 Å². The fourth-order valence-corrected chi connectivity index (χ4v) is 2.25. The molecule has 0 saturated carbocycles. The van der Waals surface area contributed by atoms with Crippen molar-refractivity contribution in [1.29, 1.82) is 0 Å². The Balaban J connectivity index is 5.18. The molecule has 4 atom stereocenters. The largest absolute Gasteiger partial charge is 0.480 e. The summed E-state index contributed by atoms with van der Waals surface area (Å²) in [6.45, 7) is 7.93. The average Bonchev–Trinajstić information content (AvgIpc) is 2.54. The number of carbonyl (C=O) groups excluding carboxylic acids is 3. The van der Waals surface area contributed by atoms with Crippen molar-refractivity contribution >= 4 is 23.7 Å². The molecule has 156 valence electrons. The van der Waals surface area contributed by atoms with Crippen LogP contribution in [-0.4, -0.2) is 64.7 Å². The highest BCUT2D eigenvalue weighted by molar-refractivity contribution is 5.93. The van der Waals surface area contributed by atoms with Gasteiger partial charge in [-0.2, -0.15) is 0 Å². The van der Waals surface area contributed by atoms with Crippen LogP contribution in [0.5, 0.6) is 0 Å². The molecular weight excluding hydrogens is 356 g/mol. The van der Waals surface area contributed by atoms with E-state index in [9.17, 15) is 24.3 Å². The van der Waals surface area contributed by atoms with Gasteiger partial charge in [0.15, 0.2) is 0 Å². The molecular formula is C17H32N4O6. The van der Waals surface area contributed by atoms with Crippen molar-refractivity contribution in [2.24, 2.45) is 17.6 Å². The Morgan fingerprint density at radius 2 is 1.48 bits per heavy atom. The summed E-state index contributed by atoms with van der Waals surface area (Å²) in [7, 11) is 0. The third-order valence-corrected chi connectivity index (χ3v) is 3.82. The van der Waals surface area contributed by atoms with E-state index in [1.807, 2.05) is 13.8 Å². The quantitative estimate of drug-likeness (QED) is 0.252. The minimum Gasteiger partial charge on any atom is -0.480 e. The van der Waals surface area contributed by atoms with E-state index in [2.05, 4.69) is 16.0 Å². The Hall–Kier alpha value is -2.20. The van der Waals surface area contributed by atoms with E-state index in [4.69, 9.17) is 10.8 Å². The monoisotopic (exact) mass is 388 g/mol. The SMILES string of the molecule is CC(C)CC(NC(=O)C(NC(=O)C(N)C(C)O)C(C)C)C(=O)NCC(=O)O. The van der Waals surface area contributed by atoms with Gasteiger partial charge in [-0.1, -0.05) is 27.7 Å². The molecule has 7 N–H and O–H groups in total. The summed E-state index contributed by atoms with van der Waals surface area (Å²) < 4.78 is 0. The van der Waals surface area contributed by atoms with Gasteiger partial charge in [0.05, 0.1) is 6.10 Å². The van der Waals surface area contributed by atoms with Gasteiger partial charge in [-0.3, -0.25) is 19.2 Å². The van der Waals surface area contributed by atoms with Crippen molar-refractivity contribution in [2.75, 3.05) is 6.54 Å². The smallest absolute Gasteiger partial charge is 0.322 e. The number of carboxylic acids is 1. The van der Waals surface area contributed by atoms with Crippen LogP contribution in [0, 0.1) is 11.8 Å². The molecule has 0 bridgehead atoms. The maximum atomic E-state index is 12.6. The highest BCUT2D eigenvalue weighted by atomic mass is 16.4. The molecule has 0 aliphatic heterocycles. The first kappa shape index (κ1) is 24.8. The molecule has 0 spiro atoms. The van der Waals surface area contributed by atoms with Crippen LogP contribution < -0.4 is 21.7 Å². The Kier molecular flexibility index (Phi) is 10.6. The van der Waals surface area contributed by atoms with Crippen molar-refractivity contribution in [3.63, 3.8) is 0 Å². The lowest BCUT2D eigenvalue weighted by atomic mass is 9.99. The molecule has 0 aromatic heterocycles. The molecule has 0 aromatic rings. The molecule has 0 aliphatic rings. The number of rotatable bonds is 11. The molecule has 27 heavy (non-hydrogen) atoms. The van der Waals surface area contributed by atoms with Crippen LogP contribution in [-0.2, 0) is 19.2 Å². The Morgan fingerprint density at radius 3 is 1.89 bits per heavy atom. The summed E-state index contributed by atoms with van der Waals surface area (Å²) >= 11 is 0. The molecule has 10 heteroatoms. The van der Waals surface area contributed by atoms with Gasteiger partial charge in [0.2, 0.25) is 17.7 Å². The number of aliphatic hydroxyl groups excluding tert-OH is 1. The van der Waals surface area contributed by atoms with Gasteiger partial charge >= 0.3 is 5.97 Å². The zero-order chi connectivity index (χ0) is 21.3. The summed E-state index contributed by atoms with van der Waals surface area (Å²) in [6.07, 6.45) is -0.792. The predicted molar refractivity (Wildman–Crippen MR) is 98.5 cm³/mol. The molecule has 0 saturated heterocycles. The van der Waals surface area contributed by atoms with Crippen LogP contribution >= 0.6 is 0 Å². The highest BCUT2D eigenvalue weighted by Crippen LogP contribution is 2.08. The maximum Gasteiger partial charge on any atom is 0.322 e. The summed E-state index contributed by atoms with van der Waals surface area (Å²) in [5.74, 6) is -3.34. The number of hydrogen-bond acceptors (Lipinski definition) is 6. The van der Waals surface area contributed by atoms with E-state index in [1.165, 1.54) is 6.92 Å². The minimum atomic E-state index is -1.20. The lowest BCUT2D eigenvalue weighted by Gasteiger charge is -2.27. The standard InChI is InChI=1S/C17H32N4O6/c1-8(2)6-11(15(25)19-7-12(23)24)20-17(27)14(9(3)4)21-16(26)13(18)10(5)22/h8-11,13-14,22H,6-7,18H2,1-5H3,(H,19,25)(H,20,27)(H,21,26)(H,23,24). The second-order valence-corrected chi connectivity index (χ2v) is 7.30. The minimum absolute atomic E-state index is 0.0571. The van der Waals surface area contributed by atoms with E-state index in [0.29, 0.717) is 6.42 Å². The van der Waals surface area contributed by atoms with Gasteiger partial charge in [-0.05, 0) is 25.2 Å². The Bertz CT molecular complexity index is 536. The summed E-state index contributed by atoms with van der Waals surface area (Å²) in [5.41, 5.74) is 5.58. The zero-order valence-electron chi connectivity index (χ0n) is 16.5. The molecule has 4 unspecified atom stereocenters. The highest BCUT2D eigenvalue weighted by Gasteiger charge is 2.31. The lowest BCUT2D eigenvalue weighted by Crippen LogP contribution is -2.58. The summed E-state index contributed by atoms with van der Waals surface area (Å²) in [4.78, 5) is 47.5. The fraction of sp³-hybridized carbons (Fsp3) is 0.765. The third kappa shape index (κ3) is 9.34. The number of nitrogens with one attached hydrogen (secondary N) is 3. The fourth-order valence-electron chi connectivity index (χ4n) is 2.25. The molecule has 0 fully saturated rings. The first-order valence-electron chi connectivity index (χ1n) is 8.90. The number of carboxylic acid groups (broad SMARTS) is 1. The second kappa shape index (κ2) is 11.5. The number of hydrogen-bond donors (Lipinski definition) is 6. The van der Waals surface area contributed by atoms with E-state index in [1.54, 1.807) is 13.8 Å². The summed E-state index contributed by atoms with van der Waals surface area (Å²) in [6, 6.07) is -3.10. The topological polar surface area (TPSA) is 171 Å². The van der Waals surface area contributed by atoms with E-state index >= 15 is 0 Å². The van der Waals surface area contributed by atoms with E-state index in [0.717, 1.165) is 0 Å². The van der Waals surface area contributed by atoms with Gasteiger partial charge in [-0.15, -0.1) is 0 Å². The van der Waals surface area contributed by atoms with Crippen LogP contribution in [0.4, 0.5) is 0 Å². The predicted octanol–water partition coefficient (Wildman–Crippen LogP) is -1.43. The lowest BCUT2D eigenvalue weighted by molar-refractivity contribution is -0.138. The van der Waals surface area contributed by atoms with Gasteiger partial charge in [0.1, 0.15) is 24.7 Å². The van der Waals surface area contributed by atoms with Crippen LogP contribution in [0.15, 0.2) is 0 Å². The maximum absolute atomic E-state index is 12.6. The third-order valence-electron chi connectivity index (χ3n) is 3.82. The van der Waals surface area contributed by atoms with Crippen molar-refractivity contribution < 1.29 is 29.4 Å². The van der Waals surface area contributed by atoms with Crippen molar-refractivity contribution in [3.05, 3.63) is 0 Å².